The van der Waals surface area contributed by atoms with Gasteiger partial charge in [0.25, 0.3) is 10.0 Å². The first-order chi connectivity index (χ1) is 13.7. The molecular weight excluding hydrogens is 417 g/mol. The molecule has 2 aromatic carbocycles. The van der Waals surface area contributed by atoms with Gasteiger partial charge in [-0.1, -0.05) is 6.07 Å². The number of benzene rings is 2. The van der Waals surface area contributed by atoms with Crippen LogP contribution in [-0.2, 0) is 10.0 Å². The zero-order valence-electron chi connectivity index (χ0n) is 14.7. The normalized spacial score (nSPS) is 15.3. The van der Waals surface area contributed by atoms with Crippen LogP contribution in [0.2, 0.25) is 0 Å². The number of nitrogens with one attached hydrogen (secondary N) is 1. The molecule has 5 nitrogen and oxygen atoms in total. The van der Waals surface area contributed by atoms with Gasteiger partial charge in [-0.2, -0.15) is 0 Å². The first-order valence-electron chi connectivity index (χ1n) is 8.58. The zero-order chi connectivity index (χ0) is 20.9. The van der Waals surface area contributed by atoms with Crippen LogP contribution in [0.5, 0.6) is 0 Å². The number of hydrogen-bond donors (Lipinski definition) is 1. The summed E-state index contributed by atoms with van der Waals surface area (Å²) in [5.41, 5.74) is 0.764. The van der Waals surface area contributed by atoms with Gasteiger partial charge in [0.15, 0.2) is 28.2 Å². The molecule has 2 heterocycles. The maximum absolute atomic E-state index is 14.1. The third-order valence-corrected chi connectivity index (χ3v) is 6.53. The molecule has 1 N–H and O–H groups in total. The molecule has 1 aromatic heterocycles. The fraction of sp³-hybridized carbons (Fsp3) is 0.222. The molecule has 0 radical (unpaired) electrons. The van der Waals surface area contributed by atoms with E-state index in [1.54, 1.807) is 12.1 Å². The fourth-order valence-electron chi connectivity index (χ4n) is 3.43. The first-order valence-corrected chi connectivity index (χ1v) is 10.0. The summed E-state index contributed by atoms with van der Waals surface area (Å²) in [7, 11) is -5.10. The number of rotatable bonds is 3. The minimum absolute atomic E-state index is 0.0602. The average Bonchev–Trinajstić information content (AvgIpc) is 3.16. The Kier molecular flexibility index (Phi) is 4.74. The van der Waals surface area contributed by atoms with Gasteiger partial charge in [0, 0.05) is 43.4 Å². The third kappa shape index (κ3) is 2.96. The number of aromatic nitrogens is 1. The van der Waals surface area contributed by atoms with Crippen LogP contribution in [0.1, 0.15) is 0 Å². The summed E-state index contributed by atoms with van der Waals surface area (Å²) >= 11 is 0. The van der Waals surface area contributed by atoms with E-state index in [-0.39, 0.29) is 5.52 Å². The van der Waals surface area contributed by atoms with Gasteiger partial charge in [-0.05, 0) is 18.2 Å². The molecule has 0 spiro atoms. The van der Waals surface area contributed by atoms with Crippen LogP contribution in [0, 0.1) is 29.1 Å². The van der Waals surface area contributed by atoms with E-state index in [0.717, 1.165) is 19.3 Å². The lowest BCUT2D eigenvalue weighted by molar-refractivity contribution is 0.357. The van der Waals surface area contributed by atoms with E-state index in [1.165, 1.54) is 12.1 Å². The Labute approximate surface area is 162 Å². The lowest BCUT2D eigenvalue weighted by Crippen LogP contribution is -2.43. The summed E-state index contributed by atoms with van der Waals surface area (Å²) in [5.74, 6) is -11.9. The highest BCUT2D eigenvalue weighted by atomic mass is 32.2. The second kappa shape index (κ2) is 6.99. The van der Waals surface area contributed by atoms with Crippen molar-refractivity contribution in [1.82, 2.24) is 9.29 Å². The van der Waals surface area contributed by atoms with Crippen LogP contribution < -0.4 is 10.2 Å². The van der Waals surface area contributed by atoms with Gasteiger partial charge in [-0.15, -0.1) is 0 Å². The summed E-state index contributed by atoms with van der Waals surface area (Å²) < 4.78 is 94.9. The van der Waals surface area contributed by atoms with Crippen molar-refractivity contribution in [3.05, 3.63) is 59.5 Å². The van der Waals surface area contributed by atoms with E-state index in [4.69, 9.17) is 0 Å². The number of fused-ring (bicyclic) bond motifs is 1. The number of nitrogens with zero attached hydrogens (tertiary/aromatic N) is 2. The van der Waals surface area contributed by atoms with Gasteiger partial charge in [0.1, 0.15) is 0 Å². The predicted octanol–water partition coefficient (Wildman–Crippen LogP) is 2.98. The van der Waals surface area contributed by atoms with Crippen molar-refractivity contribution in [3.8, 4) is 0 Å². The van der Waals surface area contributed by atoms with Crippen LogP contribution in [0.15, 0.2) is 35.4 Å². The van der Waals surface area contributed by atoms with Crippen molar-refractivity contribution >= 4 is 26.6 Å². The second-order valence-electron chi connectivity index (χ2n) is 6.46. The summed E-state index contributed by atoms with van der Waals surface area (Å²) in [6.45, 7) is 2.77. The van der Waals surface area contributed by atoms with E-state index >= 15 is 0 Å². The first kappa shape index (κ1) is 19.6. The second-order valence-corrected chi connectivity index (χ2v) is 8.21. The molecule has 0 unspecified atom stereocenters. The molecule has 1 saturated heterocycles. The molecule has 0 amide bonds. The van der Waals surface area contributed by atoms with Crippen LogP contribution in [0.3, 0.4) is 0 Å². The highest BCUT2D eigenvalue weighted by Gasteiger charge is 2.35. The monoisotopic (exact) mass is 431 g/mol. The van der Waals surface area contributed by atoms with Crippen LogP contribution >= 0.6 is 0 Å². The van der Waals surface area contributed by atoms with E-state index in [2.05, 4.69) is 5.32 Å². The summed E-state index contributed by atoms with van der Waals surface area (Å²) in [5, 5.41) is 3.66. The van der Waals surface area contributed by atoms with Gasteiger partial charge in [-0.25, -0.2) is 34.3 Å². The highest BCUT2D eigenvalue weighted by molar-refractivity contribution is 7.90. The molecule has 154 valence electrons. The Morgan fingerprint density at radius 2 is 1.41 bits per heavy atom. The maximum Gasteiger partial charge on any atom is 0.274 e. The summed E-state index contributed by atoms with van der Waals surface area (Å²) in [6.07, 6.45) is 1.03. The molecule has 1 aliphatic heterocycles. The van der Waals surface area contributed by atoms with Crippen molar-refractivity contribution in [1.29, 1.82) is 0 Å². The molecule has 0 bridgehead atoms. The van der Waals surface area contributed by atoms with Crippen LogP contribution in [0.25, 0.3) is 10.9 Å². The van der Waals surface area contributed by atoms with Gasteiger partial charge in [0.05, 0.1) is 5.52 Å². The lowest BCUT2D eigenvalue weighted by Gasteiger charge is -2.30. The van der Waals surface area contributed by atoms with Crippen molar-refractivity contribution in [2.75, 3.05) is 31.1 Å². The van der Waals surface area contributed by atoms with Gasteiger partial charge in [-0.3, -0.25) is 0 Å². The number of hydrogen-bond acceptors (Lipinski definition) is 4. The SMILES string of the molecule is O=S(=O)(c1c(F)c(F)c(F)c(F)c1F)n1ccc2c(N3CCNCC3)cccc21. The smallest absolute Gasteiger partial charge is 0.274 e. The molecule has 29 heavy (non-hydrogen) atoms. The van der Waals surface area contributed by atoms with Gasteiger partial charge < -0.3 is 10.2 Å². The van der Waals surface area contributed by atoms with Crippen molar-refractivity contribution < 1.29 is 30.4 Å². The molecule has 4 rings (SSSR count). The third-order valence-electron chi connectivity index (χ3n) is 4.82. The van der Waals surface area contributed by atoms with E-state index in [0.29, 0.717) is 28.1 Å². The van der Waals surface area contributed by atoms with Crippen molar-refractivity contribution in [2.45, 2.75) is 4.90 Å². The Bertz CT molecular complexity index is 1190. The van der Waals surface area contributed by atoms with Crippen molar-refractivity contribution in [3.63, 3.8) is 0 Å². The topological polar surface area (TPSA) is 54.3 Å². The standard InChI is InChI=1S/C18H14F5N3O2S/c19-13-14(20)16(22)18(17(23)15(13)21)29(27,28)26-7-4-10-11(2-1-3-12(10)26)25-8-5-24-6-9-25/h1-4,7,24H,5-6,8-9H2. The Hall–Kier alpha value is -2.66. The Morgan fingerprint density at radius 1 is 0.828 bits per heavy atom. The van der Waals surface area contributed by atoms with E-state index < -0.39 is 44.0 Å². The zero-order valence-corrected chi connectivity index (χ0v) is 15.5. The lowest BCUT2D eigenvalue weighted by atomic mass is 10.2. The summed E-state index contributed by atoms with van der Waals surface area (Å²) in [4.78, 5) is 0.118. The van der Waals surface area contributed by atoms with Gasteiger partial charge in [0.2, 0.25) is 5.82 Å². The Morgan fingerprint density at radius 3 is 2.03 bits per heavy atom. The molecule has 3 aromatic rings. The summed E-state index contributed by atoms with van der Waals surface area (Å²) in [6, 6.07) is 6.15. The molecule has 11 heteroatoms. The minimum atomic E-state index is -5.10. The van der Waals surface area contributed by atoms with Crippen LogP contribution in [0.4, 0.5) is 27.6 Å². The molecule has 0 aliphatic carbocycles. The van der Waals surface area contributed by atoms with E-state index in [1.807, 2.05) is 4.90 Å². The largest absolute Gasteiger partial charge is 0.368 e. The highest BCUT2D eigenvalue weighted by Crippen LogP contribution is 2.33. The Balaban J connectivity index is 1.92. The molecule has 1 fully saturated rings. The number of anilines is 1. The number of halogens is 5. The van der Waals surface area contributed by atoms with Crippen LogP contribution in [-0.4, -0.2) is 38.6 Å². The van der Waals surface area contributed by atoms with Crippen molar-refractivity contribution in [2.24, 2.45) is 0 Å². The maximum atomic E-state index is 14.1. The fourth-order valence-corrected chi connectivity index (χ4v) is 4.90. The minimum Gasteiger partial charge on any atom is -0.368 e. The van der Waals surface area contributed by atoms with E-state index in [9.17, 15) is 30.4 Å². The number of piperazine rings is 1. The molecule has 1 aliphatic rings. The average molecular weight is 431 g/mol. The van der Waals surface area contributed by atoms with Gasteiger partial charge >= 0.3 is 0 Å². The molecule has 0 atom stereocenters. The molecule has 0 saturated carbocycles. The molecular formula is C18H14F5N3O2S. The predicted molar refractivity (Wildman–Crippen MR) is 95.8 cm³/mol. The quantitative estimate of drug-likeness (QED) is 0.394.